The van der Waals surface area contributed by atoms with Crippen molar-refractivity contribution in [3.63, 3.8) is 0 Å². The van der Waals surface area contributed by atoms with Gasteiger partial charge < -0.3 is 14.4 Å². The summed E-state index contributed by atoms with van der Waals surface area (Å²) in [5.41, 5.74) is 1.65. The lowest BCUT2D eigenvalue weighted by molar-refractivity contribution is 0.0904. The molecule has 1 aromatic carbocycles. The largest absolute Gasteiger partial charge is 0.355 e. The van der Waals surface area contributed by atoms with E-state index in [9.17, 15) is 4.79 Å². The number of rotatable bonds is 6. The Kier molecular flexibility index (Phi) is 5.58. The predicted octanol–water partition coefficient (Wildman–Crippen LogP) is 4.57. The summed E-state index contributed by atoms with van der Waals surface area (Å²) in [5, 5.41) is 11.3. The first-order chi connectivity index (χ1) is 14.5. The molecule has 152 valence electrons. The van der Waals surface area contributed by atoms with Crippen LogP contribution in [-0.4, -0.2) is 26.2 Å². The maximum absolute atomic E-state index is 12.8. The average Bonchev–Trinajstić information content (AvgIpc) is 3.42. The van der Waals surface area contributed by atoms with Gasteiger partial charge >= 0.3 is 0 Å². The molecule has 4 aromatic rings. The van der Waals surface area contributed by atoms with Crippen LogP contribution in [0.15, 0.2) is 63.9 Å². The maximum atomic E-state index is 12.8. The number of benzene rings is 1. The van der Waals surface area contributed by atoms with Crippen molar-refractivity contribution in [3.8, 4) is 22.7 Å². The van der Waals surface area contributed by atoms with Crippen LogP contribution >= 0.6 is 11.6 Å². The maximum Gasteiger partial charge on any atom is 0.274 e. The standard InChI is InChI=1S/C21H18ClN5O3/c1-12(2)18(21-25-19(27-30-21)13-6-8-23-9-7-13)24-20(28)16-11-17(29-26-16)14-4-3-5-15(22)10-14/h3-12,18H,1-2H3,(H,24,28). The van der Waals surface area contributed by atoms with Gasteiger partial charge in [-0.1, -0.05) is 47.9 Å². The summed E-state index contributed by atoms with van der Waals surface area (Å²) >= 11 is 6.01. The van der Waals surface area contributed by atoms with Gasteiger partial charge in [0.15, 0.2) is 11.5 Å². The number of hydrogen-bond donors (Lipinski definition) is 1. The van der Waals surface area contributed by atoms with Crippen LogP contribution in [0, 0.1) is 5.92 Å². The van der Waals surface area contributed by atoms with Crippen molar-refractivity contribution in [1.29, 1.82) is 0 Å². The van der Waals surface area contributed by atoms with Crippen molar-refractivity contribution in [2.75, 3.05) is 0 Å². The van der Waals surface area contributed by atoms with Crippen LogP contribution in [0.25, 0.3) is 22.7 Å². The summed E-state index contributed by atoms with van der Waals surface area (Å²) < 4.78 is 10.7. The van der Waals surface area contributed by atoms with E-state index in [0.29, 0.717) is 22.5 Å². The number of aromatic nitrogens is 4. The molecule has 0 aliphatic rings. The first-order valence-electron chi connectivity index (χ1n) is 9.29. The predicted molar refractivity (Wildman–Crippen MR) is 110 cm³/mol. The minimum atomic E-state index is -0.494. The molecular formula is C21H18ClN5O3. The Morgan fingerprint density at radius 2 is 1.83 bits per heavy atom. The van der Waals surface area contributed by atoms with E-state index >= 15 is 0 Å². The fourth-order valence-corrected chi connectivity index (χ4v) is 3.06. The topological polar surface area (TPSA) is 107 Å². The summed E-state index contributed by atoms with van der Waals surface area (Å²) in [5.74, 6) is 0.774. The Morgan fingerprint density at radius 1 is 1.03 bits per heavy atom. The van der Waals surface area contributed by atoms with E-state index in [1.807, 2.05) is 19.9 Å². The van der Waals surface area contributed by atoms with Gasteiger partial charge in [-0.2, -0.15) is 4.98 Å². The number of hydrogen-bond acceptors (Lipinski definition) is 7. The van der Waals surface area contributed by atoms with Crippen LogP contribution in [0.1, 0.15) is 36.3 Å². The lowest BCUT2D eigenvalue weighted by Gasteiger charge is -2.17. The first kappa shape index (κ1) is 19.8. The van der Waals surface area contributed by atoms with Crippen LogP contribution in [0.3, 0.4) is 0 Å². The molecule has 3 aromatic heterocycles. The molecule has 9 heteroatoms. The number of halogens is 1. The van der Waals surface area contributed by atoms with Gasteiger partial charge in [0.2, 0.25) is 11.7 Å². The zero-order valence-electron chi connectivity index (χ0n) is 16.2. The van der Waals surface area contributed by atoms with Crippen molar-refractivity contribution in [3.05, 3.63) is 71.5 Å². The molecule has 0 radical (unpaired) electrons. The molecule has 1 N–H and O–H groups in total. The molecule has 0 bridgehead atoms. The normalized spacial score (nSPS) is 12.1. The molecule has 1 atom stereocenters. The van der Waals surface area contributed by atoms with Crippen LogP contribution in [0.5, 0.6) is 0 Å². The summed E-state index contributed by atoms with van der Waals surface area (Å²) in [6.07, 6.45) is 3.30. The van der Waals surface area contributed by atoms with Crippen molar-refractivity contribution < 1.29 is 13.8 Å². The summed E-state index contributed by atoms with van der Waals surface area (Å²) in [4.78, 5) is 21.2. The molecule has 0 spiro atoms. The number of pyridine rings is 1. The number of carbonyl (C=O) groups is 1. The van der Waals surface area contributed by atoms with E-state index in [1.54, 1.807) is 48.8 Å². The SMILES string of the molecule is CC(C)C(NC(=O)c1cc(-c2cccc(Cl)c2)on1)c1nc(-c2ccncc2)no1. The highest BCUT2D eigenvalue weighted by Crippen LogP contribution is 2.26. The molecule has 1 amide bonds. The Bertz CT molecular complexity index is 1160. The van der Waals surface area contributed by atoms with Gasteiger partial charge in [-0.3, -0.25) is 9.78 Å². The van der Waals surface area contributed by atoms with Crippen LogP contribution < -0.4 is 5.32 Å². The summed E-state index contributed by atoms with van der Waals surface area (Å²) in [6, 6.07) is 11.7. The lowest BCUT2D eigenvalue weighted by Crippen LogP contribution is -2.32. The molecule has 8 nitrogen and oxygen atoms in total. The van der Waals surface area contributed by atoms with Crippen molar-refractivity contribution >= 4 is 17.5 Å². The van der Waals surface area contributed by atoms with Crippen LogP contribution in [0.4, 0.5) is 0 Å². The molecule has 1 unspecified atom stereocenters. The second-order valence-corrected chi connectivity index (χ2v) is 7.41. The van der Waals surface area contributed by atoms with Crippen LogP contribution in [-0.2, 0) is 0 Å². The van der Waals surface area contributed by atoms with Gasteiger partial charge in [-0.05, 0) is 30.2 Å². The van der Waals surface area contributed by atoms with E-state index in [-0.39, 0.29) is 11.6 Å². The van der Waals surface area contributed by atoms with Crippen molar-refractivity contribution in [2.24, 2.45) is 5.92 Å². The minimum absolute atomic E-state index is 0.000934. The van der Waals surface area contributed by atoms with Gasteiger partial charge in [0.05, 0.1) is 0 Å². The highest BCUT2D eigenvalue weighted by Gasteiger charge is 2.26. The molecule has 0 aliphatic heterocycles. The van der Waals surface area contributed by atoms with Crippen LogP contribution in [0.2, 0.25) is 5.02 Å². The number of nitrogens with one attached hydrogen (secondary N) is 1. The lowest BCUT2D eigenvalue weighted by atomic mass is 10.0. The summed E-state index contributed by atoms with van der Waals surface area (Å²) in [7, 11) is 0. The molecule has 0 saturated carbocycles. The van der Waals surface area contributed by atoms with E-state index in [4.69, 9.17) is 20.6 Å². The third-order valence-corrected chi connectivity index (χ3v) is 4.69. The second-order valence-electron chi connectivity index (χ2n) is 6.97. The minimum Gasteiger partial charge on any atom is -0.355 e. The Hall–Kier alpha value is -3.52. The fraction of sp³-hybridized carbons (Fsp3) is 0.190. The fourth-order valence-electron chi connectivity index (χ4n) is 2.87. The third-order valence-electron chi connectivity index (χ3n) is 4.45. The second kappa shape index (κ2) is 8.46. The molecule has 0 saturated heterocycles. The molecular weight excluding hydrogens is 406 g/mol. The third kappa shape index (κ3) is 4.23. The molecule has 0 aliphatic carbocycles. The van der Waals surface area contributed by atoms with Gasteiger partial charge in [0, 0.05) is 34.6 Å². The van der Waals surface area contributed by atoms with E-state index in [1.165, 1.54) is 0 Å². The van der Waals surface area contributed by atoms with Gasteiger partial charge in [-0.25, -0.2) is 0 Å². The van der Waals surface area contributed by atoms with E-state index < -0.39 is 11.9 Å². The molecule has 3 heterocycles. The molecule has 4 rings (SSSR count). The molecule has 0 fully saturated rings. The Labute approximate surface area is 177 Å². The number of nitrogens with zero attached hydrogens (tertiary/aromatic N) is 4. The Morgan fingerprint density at radius 3 is 2.57 bits per heavy atom. The zero-order valence-corrected chi connectivity index (χ0v) is 17.0. The number of carbonyl (C=O) groups excluding carboxylic acids is 1. The van der Waals surface area contributed by atoms with Crippen molar-refractivity contribution in [2.45, 2.75) is 19.9 Å². The zero-order chi connectivity index (χ0) is 21.1. The smallest absolute Gasteiger partial charge is 0.274 e. The average molecular weight is 424 g/mol. The molecule has 30 heavy (non-hydrogen) atoms. The highest BCUT2D eigenvalue weighted by molar-refractivity contribution is 6.30. The van der Waals surface area contributed by atoms with E-state index in [2.05, 4.69) is 25.6 Å². The van der Waals surface area contributed by atoms with E-state index in [0.717, 1.165) is 11.1 Å². The van der Waals surface area contributed by atoms with Crippen molar-refractivity contribution in [1.82, 2.24) is 25.6 Å². The quantitative estimate of drug-likeness (QED) is 0.484. The Balaban J connectivity index is 1.53. The highest BCUT2D eigenvalue weighted by atomic mass is 35.5. The first-order valence-corrected chi connectivity index (χ1v) is 9.66. The number of amides is 1. The van der Waals surface area contributed by atoms with Gasteiger partial charge in [0.1, 0.15) is 6.04 Å². The van der Waals surface area contributed by atoms with Gasteiger partial charge in [0.25, 0.3) is 5.91 Å². The monoisotopic (exact) mass is 423 g/mol. The van der Waals surface area contributed by atoms with Gasteiger partial charge in [-0.15, -0.1) is 0 Å². The summed E-state index contributed by atoms with van der Waals surface area (Å²) in [6.45, 7) is 3.89.